The predicted molar refractivity (Wildman–Crippen MR) is 67.1 cm³/mol. The summed E-state index contributed by atoms with van der Waals surface area (Å²) in [5.74, 6) is -0.431. The summed E-state index contributed by atoms with van der Waals surface area (Å²) in [4.78, 5) is 12.0. The number of rotatable bonds is 2. The van der Waals surface area contributed by atoms with E-state index in [2.05, 4.69) is 15.5 Å². The molecule has 1 heterocycles. The van der Waals surface area contributed by atoms with Crippen LogP contribution in [0.2, 0.25) is 0 Å². The number of benzene rings is 1. The Bertz CT molecular complexity index is 586. The zero-order valence-corrected chi connectivity index (χ0v) is 10.8. The smallest absolute Gasteiger partial charge is 0.322 e. The predicted octanol–water partition coefficient (Wildman–Crippen LogP) is 3.77. The van der Waals surface area contributed by atoms with Gasteiger partial charge in [0.1, 0.15) is 5.54 Å². The lowest BCUT2D eigenvalue weighted by atomic mass is 9.96. The first kappa shape index (κ1) is 14.2. The molecule has 1 aliphatic heterocycles. The summed E-state index contributed by atoms with van der Waals surface area (Å²) in [7, 11) is 0. The van der Waals surface area contributed by atoms with E-state index in [4.69, 9.17) is 0 Å². The second kappa shape index (κ2) is 4.73. The zero-order chi connectivity index (χ0) is 15.0. The van der Waals surface area contributed by atoms with Crippen LogP contribution < -0.4 is 5.32 Å². The van der Waals surface area contributed by atoms with Gasteiger partial charge in [0.2, 0.25) is 0 Å². The lowest BCUT2D eigenvalue weighted by Gasteiger charge is -2.17. The molecule has 0 bridgehead atoms. The average Bonchev–Trinajstić information content (AvgIpc) is 2.68. The Kier molecular flexibility index (Phi) is 3.37. The zero-order valence-electron chi connectivity index (χ0n) is 10.8. The third-order valence-corrected chi connectivity index (χ3v) is 2.87. The number of anilines is 1. The van der Waals surface area contributed by atoms with Gasteiger partial charge in [-0.2, -0.15) is 23.4 Å². The summed E-state index contributed by atoms with van der Waals surface area (Å²) in [6, 6.07) is 4.24. The molecule has 0 aromatic heterocycles. The van der Waals surface area contributed by atoms with Crippen LogP contribution in [0.3, 0.4) is 0 Å². The molecule has 0 unspecified atom stereocenters. The van der Waals surface area contributed by atoms with Gasteiger partial charge in [-0.3, -0.25) is 4.79 Å². The van der Waals surface area contributed by atoms with Crippen LogP contribution in [0.25, 0.3) is 0 Å². The van der Waals surface area contributed by atoms with E-state index >= 15 is 0 Å². The van der Waals surface area contributed by atoms with Crippen LogP contribution >= 0.6 is 0 Å². The summed E-state index contributed by atoms with van der Waals surface area (Å²) in [5, 5.41) is 10.1. The van der Waals surface area contributed by atoms with Crippen molar-refractivity contribution in [3.8, 4) is 0 Å². The number of hydrogen-bond donors (Lipinski definition) is 1. The molecule has 1 aromatic carbocycles. The molecule has 1 aromatic rings. The molecule has 1 aliphatic rings. The Morgan fingerprint density at radius 1 is 1.20 bits per heavy atom. The third-order valence-electron chi connectivity index (χ3n) is 2.87. The number of hydrogen-bond acceptors (Lipinski definition) is 3. The Morgan fingerprint density at radius 2 is 1.80 bits per heavy atom. The highest BCUT2D eigenvalue weighted by Crippen LogP contribution is 2.31. The third kappa shape index (κ3) is 2.87. The lowest BCUT2D eigenvalue weighted by molar-refractivity contribution is -0.137. The van der Waals surface area contributed by atoms with E-state index in [1.807, 2.05) is 0 Å². The molecule has 2 rings (SSSR count). The van der Waals surface area contributed by atoms with Gasteiger partial charge >= 0.3 is 6.18 Å². The quantitative estimate of drug-likeness (QED) is 0.882. The van der Waals surface area contributed by atoms with Gasteiger partial charge in [-0.05, 0) is 38.1 Å². The molecule has 0 aliphatic carbocycles. The number of carbonyl (C=O) groups excluding carboxylic acids is 1. The first-order valence-corrected chi connectivity index (χ1v) is 5.81. The molecule has 20 heavy (non-hydrogen) atoms. The minimum absolute atomic E-state index is 0.284. The van der Waals surface area contributed by atoms with E-state index in [-0.39, 0.29) is 5.69 Å². The molecular formula is C13H12F3N3O. The number of nitrogens with zero attached hydrogens (tertiary/aromatic N) is 2. The van der Waals surface area contributed by atoms with Crippen LogP contribution in [-0.4, -0.2) is 11.4 Å². The Labute approximate surface area is 113 Å². The molecule has 1 amide bonds. The summed E-state index contributed by atoms with van der Waals surface area (Å²) in [5.41, 5.74) is -0.847. The van der Waals surface area contributed by atoms with E-state index in [0.717, 1.165) is 12.1 Å². The minimum atomic E-state index is -4.39. The first-order chi connectivity index (χ1) is 9.20. The van der Waals surface area contributed by atoms with Crippen molar-refractivity contribution in [2.45, 2.75) is 25.6 Å². The second-order valence-electron chi connectivity index (χ2n) is 4.85. The summed E-state index contributed by atoms with van der Waals surface area (Å²) < 4.78 is 37.2. The highest BCUT2D eigenvalue weighted by molar-refractivity contribution is 6.05. The summed E-state index contributed by atoms with van der Waals surface area (Å²) >= 11 is 0. The molecule has 0 spiro atoms. The first-order valence-electron chi connectivity index (χ1n) is 5.81. The number of alkyl halides is 3. The summed E-state index contributed by atoms with van der Waals surface area (Å²) in [6.07, 6.45) is -3.05. The Morgan fingerprint density at radius 3 is 2.25 bits per heavy atom. The normalized spacial score (nSPS) is 16.9. The molecule has 106 valence electrons. The van der Waals surface area contributed by atoms with E-state index in [1.54, 1.807) is 13.8 Å². The van der Waals surface area contributed by atoms with E-state index in [0.29, 0.717) is 5.57 Å². The van der Waals surface area contributed by atoms with Crippen LogP contribution in [0.15, 0.2) is 46.3 Å². The fourth-order valence-corrected chi connectivity index (χ4v) is 1.72. The van der Waals surface area contributed by atoms with Gasteiger partial charge < -0.3 is 5.32 Å². The van der Waals surface area contributed by atoms with Crippen molar-refractivity contribution in [3.63, 3.8) is 0 Å². The second-order valence-corrected chi connectivity index (χ2v) is 4.85. The van der Waals surface area contributed by atoms with Crippen LogP contribution in [0, 0.1) is 0 Å². The molecular weight excluding hydrogens is 271 g/mol. The van der Waals surface area contributed by atoms with Crippen molar-refractivity contribution in [2.24, 2.45) is 10.2 Å². The van der Waals surface area contributed by atoms with Crippen molar-refractivity contribution in [1.29, 1.82) is 0 Å². The SMILES string of the molecule is CC1(C)N=NC=C1C(=O)Nc1ccc(C(F)(F)F)cc1. The van der Waals surface area contributed by atoms with Crippen molar-refractivity contribution in [3.05, 3.63) is 41.6 Å². The van der Waals surface area contributed by atoms with Crippen LogP contribution in [0.4, 0.5) is 18.9 Å². The molecule has 0 radical (unpaired) electrons. The van der Waals surface area contributed by atoms with Crippen molar-refractivity contribution in [2.75, 3.05) is 5.32 Å². The molecule has 0 atom stereocenters. The van der Waals surface area contributed by atoms with Gasteiger partial charge in [-0.15, -0.1) is 0 Å². The maximum absolute atomic E-state index is 12.4. The van der Waals surface area contributed by atoms with Crippen molar-refractivity contribution >= 4 is 11.6 Å². The van der Waals surface area contributed by atoms with Crippen LogP contribution in [-0.2, 0) is 11.0 Å². The van der Waals surface area contributed by atoms with Crippen LogP contribution in [0.5, 0.6) is 0 Å². The minimum Gasteiger partial charge on any atom is -0.322 e. The largest absolute Gasteiger partial charge is 0.416 e. The fourth-order valence-electron chi connectivity index (χ4n) is 1.72. The highest BCUT2D eigenvalue weighted by atomic mass is 19.4. The van der Waals surface area contributed by atoms with Crippen molar-refractivity contribution < 1.29 is 18.0 Å². The van der Waals surface area contributed by atoms with Crippen LogP contribution in [0.1, 0.15) is 19.4 Å². The van der Waals surface area contributed by atoms with E-state index < -0.39 is 23.2 Å². The highest BCUT2D eigenvalue weighted by Gasteiger charge is 2.32. The standard InChI is InChI=1S/C13H12F3N3O/c1-12(2)10(7-17-19-12)11(20)18-9-5-3-8(4-6-9)13(14,15)16/h3-7H,1-2H3,(H,18,20). The average molecular weight is 283 g/mol. The molecule has 0 fully saturated rings. The number of amides is 1. The summed E-state index contributed by atoms with van der Waals surface area (Å²) in [6.45, 7) is 3.45. The maximum atomic E-state index is 12.4. The van der Waals surface area contributed by atoms with E-state index in [1.165, 1.54) is 18.3 Å². The molecule has 4 nitrogen and oxygen atoms in total. The number of halogens is 3. The number of carbonyl (C=O) groups is 1. The molecule has 0 saturated carbocycles. The Balaban J connectivity index is 2.10. The topological polar surface area (TPSA) is 53.8 Å². The van der Waals surface area contributed by atoms with E-state index in [9.17, 15) is 18.0 Å². The van der Waals surface area contributed by atoms with Gasteiger partial charge in [0.25, 0.3) is 5.91 Å². The van der Waals surface area contributed by atoms with Gasteiger partial charge in [0.15, 0.2) is 0 Å². The van der Waals surface area contributed by atoms with Gasteiger partial charge in [-0.1, -0.05) is 0 Å². The van der Waals surface area contributed by atoms with Gasteiger partial charge in [0, 0.05) is 5.69 Å². The molecule has 7 heteroatoms. The molecule has 0 saturated heterocycles. The van der Waals surface area contributed by atoms with Gasteiger partial charge in [0.05, 0.1) is 17.3 Å². The Hall–Kier alpha value is -2.18. The lowest BCUT2D eigenvalue weighted by Crippen LogP contribution is -2.27. The number of nitrogens with one attached hydrogen (secondary N) is 1. The monoisotopic (exact) mass is 283 g/mol. The maximum Gasteiger partial charge on any atom is 0.416 e. The molecule has 1 N–H and O–H groups in total. The fraction of sp³-hybridized carbons (Fsp3) is 0.308. The number of azo groups is 1. The van der Waals surface area contributed by atoms with Gasteiger partial charge in [-0.25, -0.2) is 0 Å². The van der Waals surface area contributed by atoms with Crippen molar-refractivity contribution in [1.82, 2.24) is 0 Å².